The number of hydrogen-bond donors (Lipinski definition) is 1. The fourth-order valence-corrected chi connectivity index (χ4v) is 1.53. The lowest BCUT2D eigenvalue weighted by Gasteiger charge is -2.11. The van der Waals surface area contributed by atoms with E-state index in [0.717, 1.165) is 12.4 Å². The lowest BCUT2D eigenvalue weighted by molar-refractivity contribution is -0.124. The second-order valence-corrected chi connectivity index (χ2v) is 3.80. The summed E-state index contributed by atoms with van der Waals surface area (Å²) in [6, 6.07) is -0.398. The summed E-state index contributed by atoms with van der Waals surface area (Å²) in [4.78, 5) is 15.7. The normalized spacial score (nSPS) is 12.3. The zero-order chi connectivity index (χ0) is 13.0. The third-order valence-electron chi connectivity index (χ3n) is 2.67. The molecule has 2 heterocycles. The molecule has 1 unspecified atom stereocenters. The number of hydrogen-bond acceptors (Lipinski definition) is 5. The van der Waals surface area contributed by atoms with Gasteiger partial charge in [0.25, 0.3) is 0 Å². The molecule has 0 aromatic carbocycles. The van der Waals surface area contributed by atoms with Crippen molar-refractivity contribution in [1.29, 1.82) is 0 Å². The van der Waals surface area contributed by atoms with Crippen LogP contribution in [0.4, 0.5) is 0 Å². The van der Waals surface area contributed by atoms with Crippen molar-refractivity contribution in [2.75, 3.05) is 0 Å². The summed E-state index contributed by atoms with van der Waals surface area (Å²) in [6.07, 6.45) is 4.55. The van der Waals surface area contributed by atoms with Crippen LogP contribution in [0.1, 0.15) is 25.7 Å². The third-order valence-corrected chi connectivity index (χ3v) is 2.67. The van der Waals surface area contributed by atoms with Gasteiger partial charge in [0.2, 0.25) is 5.91 Å². The summed E-state index contributed by atoms with van der Waals surface area (Å²) in [5, 5.41) is 14.5. The van der Waals surface area contributed by atoms with Crippen LogP contribution in [0.2, 0.25) is 0 Å². The average molecular weight is 249 g/mol. The monoisotopic (exact) mass is 249 g/mol. The fraction of sp³-hybridized carbons (Fsp3) is 0.500. The first-order valence-corrected chi connectivity index (χ1v) is 5.71. The summed E-state index contributed by atoms with van der Waals surface area (Å²) in [5.41, 5.74) is 0. The molecule has 0 fully saturated rings. The first kappa shape index (κ1) is 12.2. The van der Waals surface area contributed by atoms with Gasteiger partial charge in [-0.05, 0) is 13.8 Å². The predicted molar refractivity (Wildman–Crippen MR) is 62.3 cm³/mol. The molecule has 1 N–H and O–H groups in total. The maximum absolute atomic E-state index is 11.9. The van der Waals surface area contributed by atoms with E-state index in [1.54, 1.807) is 13.3 Å². The molecule has 18 heavy (non-hydrogen) atoms. The lowest BCUT2D eigenvalue weighted by atomic mass is 10.3. The van der Waals surface area contributed by atoms with Crippen LogP contribution < -0.4 is 5.32 Å². The molecule has 0 radical (unpaired) electrons. The molecule has 0 aliphatic carbocycles. The van der Waals surface area contributed by atoms with E-state index in [1.807, 2.05) is 11.5 Å². The van der Waals surface area contributed by atoms with Crippen molar-refractivity contribution in [3.63, 3.8) is 0 Å². The van der Waals surface area contributed by atoms with Gasteiger partial charge >= 0.3 is 0 Å². The highest BCUT2D eigenvalue weighted by Crippen LogP contribution is 2.02. The summed E-state index contributed by atoms with van der Waals surface area (Å²) >= 11 is 0. The Morgan fingerprint density at radius 1 is 1.50 bits per heavy atom. The minimum Gasteiger partial charge on any atom is -0.347 e. The van der Waals surface area contributed by atoms with Crippen LogP contribution in [-0.2, 0) is 17.9 Å². The predicted octanol–water partition coefficient (Wildman–Crippen LogP) is -0.233. The average Bonchev–Trinajstić information content (AvgIpc) is 3.05. The van der Waals surface area contributed by atoms with Crippen molar-refractivity contribution >= 4 is 5.91 Å². The Morgan fingerprint density at radius 2 is 2.33 bits per heavy atom. The third kappa shape index (κ3) is 2.53. The number of rotatable bonds is 5. The zero-order valence-corrected chi connectivity index (χ0v) is 10.3. The Kier molecular flexibility index (Phi) is 3.66. The van der Waals surface area contributed by atoms with Crippen molar-refractivity contribution in [3.8, 4) is 0 Å². The molecule has 2 aromatic heterocycles. The highest BCUT2D eigenvalue weighted by Gasteiger charge is 2.15. The Hall–Kier alpha value is -2.25. The summed E-state index contributed by atoms with van der Waals surface area (Å²) < 4.78 is 3.38. The second-order valence-electron chi connectivity index (χ2n) is 3.80. The van der Waals surface area contributed by atoms with Crippen LogP contribution in [0.25, 0.3) is 0 Å². The standard InChI is InChI=1S/C10H15N7O/c1-3-16-7-13-15-9(16)4-12-10(18)8(2)17-6-11-5-14-17/h5-8H,3-4H2,1-2H3,(H,12,18). The molecule has 0 saturated heterocycles. The van der Waals surface area contributed by atoms with Crippen LogP contribution in [0.5, 0.6) is 0 Å². The molecule has 0 aliphatic heterocycles. The van der Waals surface area contributed by atoms with Gasteiger partial charge in [0.1, 0.15) is 25.0 Å². The van der Waals surface area contributed by atoms with E-state index in [0.29, 0.717) is 6.54 Å². The zero-order valence-electron chi connectivity index (χ0n) is 10.3. The molecule has 2 aromatic rings. The second kappa shape index (κ2) is 5.39. The molecule has 1 amide bonds. The van der Waals surface area contributed by atoms with Crippen LogP contribution in [-0.4, -0.2) is 35.4 Å². The van der Waals surface area contributed by atoms with Crippen LogP contribution >= 0.6 is 0 Å². The van der Waals surface area contributed by atoms with E-state index < -0.39 is 6.04 Å². The number of aromatic nitrogens is 6. The SMILES string of the molecule is CCn1cnnc1CNC(=O)C(C)n1cncn1. The Balaban J connectivity index is 1.92. The molecule has 1 atom stereocenters. The first-order valence-electron chi connectivity index (χ1n) is 5.71. The lowest BCUT2D eigenvalue weighted by Crippen LogP contribution is -2.31. The van der Waals surface area contributed by atoms with Crippen molar-refractivity contribution in [1.82, 2.24) is 34.8 Å². The molecule has 8 nitrogen and oxygen atoms in total. The molecule has 96 valence electrons. The minimum absolute atomic E-state index is 0.133. The van der Waals surface area contributed by atoms with Gasteiger partial charge in [-0.25, -0.2) is 9.67 Å². The summed E-state index contributed by atoms with van der Waals surface area (Å²) in [7, 11) is 0. The van der Waals surface area contributed by atoms with Crippen molar-refractivity contribution in [2.24, 2.45) is 0 Å². The molecular weight excluding hydrogens is 234 g/mol. The van der Waals surface area contributed by atoms with E-state index in [9.17, 15) is 4.79 Å². The first-order chi connectivity index (χ1) is 8.72. The molecular formula is C10H15N7O. The van der Waals surface area contributed by atoms with Crippen molar-refractivity contribution < 1.29 is 4.79 Å². The van der Waals surface area contributed by atoms with Crippen LogP contribution in [0.3, 0.4) is 0 Å². The van der Waals surface area contributed by atoms with Crippen LogP contribution in [0, 0.1) is 0 Å². The van der Waals surface area contributed by atoms with E-state index in [1.165, 1.54) is 17.3 Å². The number of aryl methyl sites for hydroxylation is 1. The van der Waals surface area contributed by atoms with Gasteiger partial charge in [-0.3, -0.25) is 4.79 Å². The number of amides is 1. The fourth-order valence-electron chi connectivity index (χ4n) is 1.53. The smallest absolute Gasteiger partial charge is 0.245 e. The molecule has 2 rings (SSSR count). The molecule has 0 spiro atoms. The van der Waals surface area contributed by atoms with Gasteiger partial charge in [-0.1, -0.05) is 0 Å². The van der Waals surface area contributed by atoms with Crippen molar-refractivity contribution in [3.05, 3.63) is 24.8 Å². The number of nitrogens with one attached hydrogen (secondary N) is 1. The van der Waals surface area contributed by atoms with Crippen LogP contribution in [0.15, 0.2) is 19.0 Å². The summed E-state index contributed by atoms with van der Waals surface area (Å²) in [6.45, 7) is 4.88. The molecule has 8 heteroatoms. The van der Waals surface area contributed by atoms with E-state index in [4.69, 9.17) is 0 Å². The minimum atomic E-state index is -0.398. The Morgan fingerprint density at radius 3 is 3.00 bits per heavy atom. The van der Waals surface area contributed by atoms with Gasteiger partial charge in [-0.2, -0.15) is 5.10 Å². The molecule has 0 bridgehead atoms. The molecule has 0 aliphatic rings. The topological polar surface area (TPSA) is 90.5 Å². The van der Waals surface area contributed by atoms with E-state index in [2.05, 4.69) is 25.6 Å². The highest BCUT2D eigenvalue weighted by atomic mass is 16.2. The Labute approximate surface area is 104 Å². The largest absolute Gasteiger partial charge is 0.347 e. The Bertz CT molecular complexity index is 504. The quantitative estimate of drug-likeness (QED) is 0.790. The van der Waals surface area contributed by atoms with Crippen molar-refractivity contribution in [2.45, 2.75) is 33.0 Å². The molecule has 0 saturated carbocycles. The van der Waals surface area contributed by atoms with Gasteiger partial charge in [0.15, 0.2) is 5.82 Å². The van der Waals surface area contributed by atoms with E-state index >= 15 is 0 Å². The van der Waals surface area contributed by atoms with Gasteiger partial charge in [-0.15, -0.1) is 10.2 Å². The number of carbonyl (C=O) groups is 1. The van der Waals surface area contributed by atoms with Gasteiger partial charge in [0.05, 0.1) is 6.54 Å². The maximum Gasteiger partial charge on any atom is 0.245 e. The maximum atomic E-state index is 11.9. The summed E-state index contributed by atoms with van der Waals surface area (Å²) in [5.74, 6) is 0.600. The van der Waals surface area contributed by atoms with E-state index in [-0.39, 0.29) is 5.91 Å². The number of carbonyl (C=O) groups excluding carboxylic acids is 1. The number of nitrogens with zero attached hydrogens (tertiary/aromatic N) is 6. The highest BCUT2D eigenvalue weighted by molar-refractivity contribution is 5.79. The van der Waals surface area contributed by atoms with Gasteiger partial charge < -0.3 is 9.88 Å². The van der Waals surface area contributed by atoms with Gasteiger partial charge in [0, 0.05) is 6.54 Å².